The summed E-state index contributed by atoms with van der Waals surface area (Å²) in [6.07, 6.45) is 3.31. The van der Waals surface area contributed by atoms with Crippen LogP contribution < -0.4 is 10.6 Å². The number of nitrogens with one attached hydrogen (secondary N) is 3. The first-order valence-electron chi connectivity index (χ1n) is 5.31. The summed E-state index contributed by atoms with van der Waals surface area (Å²) < 4.78 is 0. The number of carbonyl (C=O) groups excluding carboxylic acids is 1. The number of carbonyl (C=O) groups is 1. The molecule has 2 amide bonds. The van der Waals surface area contributed by atoms with E-state index in [9.17, 15) is 4.79 Å². The lowest BCUT2D eigenvalue weighted by atomic mass is 10.2. The number of nitriles is 1. The molecule has 0 unspecified atom stereocenters. The zero-order chi connectivity index (χ0) is 12.8. The number of aromatic amines is 1. The van der Waals surface area contributed by atoms with Crippen LogP contribution in [0.3, 0.4) is 0 Å². The Hall–Kier alpha value is -2.81. The summed E-state index contributed by atoms with van der Waals surface area (Å²) in [5.74, 6) is 0.685. The van der Waals surface area contributed by atoms with Crippen molar-refractivity contribution in [3.63, 3.8) is 0 Å². The number of H-pyrrole nitrogens is 1. The zero-order valence-corrected chi connectivity index (χ0v) is 9.47. The standard InChI is InChI=1S/C12H11N5O/c13-7-9-1-3-10(4-2-9)17-12(18)16-8-11-14-5-6-15-11/h1-6H,8H2,(H,14,15)(H2,16,17,18). The molecule has 2 aromatic rings. The summed E-state index contributed by atoms with van der Waals surface area (Å²) in [6.45, 7) is 0.328. The third-order valence-electron chi connectivity index (χ3n) is 2.24. The van der Waals surface area contributed by atoms with E-state index in [2.05, 4.69) is 20.6 Å². The van der Waals surface area contributed by atoms with E-state index in [1.165, 1.54) is 0 Å². The molecule has 0 aliphatic heterocycles. The Labute approximate surface area is 104 Å². The van der Waals surface area contributed by atoms with Gasteiger partial charge < -0.3 is 15.6 Å². The van der Waals surface area contributed by atoms with Gasteiger partial charge in [0.25, 0.3) is 0 Å². The molecule has 18 heavy (non-hydrogen) atoms. The third kappa shape index (κ3) is 3.09. The van der Waals surface area contributed by atoms with Crippen LogP contribution in [-0.2, 0) is 6.54 Å². The minimum absolute atomic E-state index is 0.323. The van der Waals surface area contributed by atoms with Crippen molar-refractivity contribution in [3.8, 4) is 6.07 Å². The van der Waals surface area contributed by atoms with Gasteiger partial charge in [-0.1, -0.05) is 0 Å². The summed E-state index contributed by atoms with van der Waals surface area (Å²) in [5.41, 5.74) is 1.18. The molecular weight excluding hydrogens is 230 g/mol. The molecule has 0 fully saturated rings. The van der Waals surface area contributed by atoms with Crippen molar-refractivity contribution in [2.24, 2.45) is 0 Å². The Morgan fingerprint density at radius 2 is 2.17 bits per heavy atom. The van der Waals surface area contributed by atoms with Gasteiger partial charge in [-0.3, -0.25) is 0 Å². The number of hydrogen-bond donors (Lipinski definition) is 3. The first-order chi connectivity index (χ1) is 8.78. The number of anilines is 1. The predicted octanol–water partition coefficient (Wildman–Crippen LogP) is 1.60. The highest BCUT2D eigenvalue weighted by atomic mass is 16.2. The molecular formula is C12H11N5O. The van der Waals surface area contributed by atoms with Crippen LogP contribution in [0.15, 0.2) is 36.7 Å². The first kappa shape index (κ1) is 11.7. The molecule has 6 heteroatoms. The van der Waals surface area contributed by atoms with Crippen LogP contribution in [0.5, 0.6) is 0 Å². The third-order valence-corrected chi connectivity index (χ3v) is 2.24. The molecule has 1 aromatic carbocycles. The van der Waals surface area contributed by atoms with Crippen molar-refractivity contribution in [1.29, 1.82) is 5.26 Å². The first-order valence-corrected chi connectivity index (χ1v) is 5.31. The van der Waals surface area contributed by atoms with E-state index in [1.807, 2.05) is 6.07 Å². The topological polar surface area (TPSA) is 93.6 Å². The molecule has 1 heterocycles. The van der Waals surface area contributed by atoms with Gasteiger partial charge >= 0.3 is 6.03 Å². The van der Waals surface area contributed by atoms with Crippen LogP contribution in [-0.4, -0.2) is 16.0 Å². The lowest BCUT2D eigenvalue weighted by Crippen LogP contribution is -2.28. The molecule has 0 spiro atoms. The second kappa shape index (κ2) is 5.50. The number of imidazole rings is 1. The maximum absolute atomic E-state index is 11.5. The normalized spacial score (nSPS) is 9.50. The van der Waals surface area contributed by atoms with E-state index in [-0.39, 0.29) is 6.03 Å². The number of hydrogen-bond acceptors (Lipinski definition) is 3. The predicted molar refractivity (Wildman–Crippen MR) is 65.6 cm³/mol. The quantitative estimate of drug-likeness (QED) is 0.761. The van der Waals surface area contributed by atoms with E-state index >= 15 is 0 Å². The SMILES string of the molecule is N#Cc1ccc(NC(=O)NCc2ncc[nH]2)cc1. The number of rotatable bonds is 3. The van der Waals surface area contributed by atoms with Crippen LogP contribution in [0.4, 0.5) is 10.5 Å². The van der Waals surface area contributed by atoms with Crippen molar-refractivity contribution in [2.75, 3.05) is 5.32 Å². The monoisotopic (exact) mass is 241 g/mol. The molecule has 0 bridgehead atoms. The number of aromatic nitrogens is 2. The smallest absolute Gasteiger partial charge is 0.319 e. The fraction of sp³-hybridized carbons (Fsp3) is 0.0833. The van der Waals surface area contributed by atoms with Gasteiger partial charge in [-0.05, 0) is 24.3 Å². The molecule has 1 aromatic heterocycles. The molecule has 3 N–H and O–H groups in total. The van der Waals surface area contributed by atoms with Crippen LogP contribution in [0.1, 0.15) is 11.4 Å². The van der Waals surface area contributed by atoms with Crippen LogP contribution in [0.2, 0.25) is 0 Å². The number of nitrogens with zero attached hydrogens (tertiary/aromatic N) is 2. The largest absolute Gasteiger partial charge is 0.347 e. The van der Waals surface area contributed by atoms with E-state index in [0.717, 1.165) is 0 Å². The van der Waals surface area contributed by atoms with Crippen molar-refractivity contribution >= 4 is 11.7 Å². The average Bonchev–Trinajstić information content (AvgIpc) is 2.90. The van der Waals surface area contributed by atoms with Crippen molar-refractivity contribution < 1.29 is 4.79 Å². The highest BCUT2D eigenvalue weighted by molar-refractivity contribution is 5.89. The molecule has 0 aliphatic rings. The van der Waals surface area contributed by atoms with Gasteiger partial charge in [0.2, 0.25) is 0 Å². The van der Waals surface area contributed by atoms with Gasteiger partial charge in [-0.2, -0.15) is 5.26 Å². The average molecular weight is 241 g/mol. The minimum atomic E-state index is -0.323. The van der Waals surface area contributed by atoms with Gasteiger partial charge in [0.05, 0.1) is 18.2 Å². The molecule has 0 aliphatic carbocycles. The Kier molecular flexibility index (Phi) is 3.56. The summed E-state index contributed by atoms with van der Waals surface area (Å²) in [7, 11) is 0. The lowest BCUT2D eigenvalue weighted by Gasteiger charge is -2.06. The van der Waals surface area contributed by atoms with E-state index in [0.29, 0.717) is 23.6 Å². The van der Waals surface area contributed by atoms with E-state index in [1.54, 1.807) is 36.7 Å². The van der Waals surface area contributed by atoms with Gasteiger partial charge in [0, 0.05) is 18.1 Å². The molecule has 90 valence electrons. The maximum atomic E-state index is 11.5. The van der Waals surface area contributed by atoms with Crippen molar-refractivity contribution in [2.45, 2.75) is 6.54 Å². The van der Waals surface area contributed by atoms with Crippen molar-refractivity contribution in [3.05, 3.63) is 48.0 Å². The Bertz CT molecular complexity index is 553. The fourth-order valence-corrected chi connectivity index (χ4v) is 1.36. The van der Waals surface area contributed by atoms with E-state index < -0.39 is 0 Å². The highest BCUT2D eigenvalue weighted by Crippen LogP contribution is 2.08. The maximum Gasteiger partial charge on any atom is 0.319 e. The Morgan fingerprint density at radius 3 is 2.78 bits per heavy atom. The zero-order valence-electron chi connectivity index (χ0n) is 9.47. The molecule has 0 saturated carbocycles. The summed E-state index contributed by atoms with van der Waals surface area (Å²) in [6, 6.07) is 8.31. The summed E-state index contributed by atoms with van der Waals surface area (Å²) >= 11 is 0. The van der Waals surface area contributed by atoms with Crippen LogP contribution >= 0.6 is 0 Å². The number of urea groups is 1. The van der Waals surface area contributed by atoms with Gasteiger partial charge in [-0.15, -0.1) is 0 Å². The summed E-state index contributed by atoms with van der Waals surface area (Å²) in [5, 5.41) is 13.9. The van der Waals surface area contributed by atoms with Crippen LogP contribution in [0, 0.1) is 11.3 Å². The second-order valence-electron chi connectivity index (χ2n) is 3.53. The second-order valence-corrected chi connectivity index (χ2v) is 3.53. The Morgan fingerprint density at radius 1 is 1.39 bits per heavy atom. The number of benzene rings is 1. The molecule has 2 rings (SSSR count). The Balaban J connectivity index is 1.85. The fourth-order valence-electron chi connectivity index (χ4n) is 1.36. The molecule has 0 radical (unpaired) electrons. The van der Waals surface area contributed by atoms with E-state index in [4.69, 9.17) is 5.26 Å². The minimum Gasteiger partial charge on any atom is -0.347 e. The lowest BCUT2D eigenvalue weighted by molar-refractivity contribution is 0.251. The molecule has 0 atom stereocenters. The van der Waals surface area contributed by atoms with Gasteiger partial charge in [-0.25, -0.2) is 9.78 Å². The van der Waals surface area contributed by atoms with Crippen LogP contribution in [0.25, 0.3) is 0 Å². The molecule has 0 saturated heterocycles. The molecule has 6 nitrogen and oxygen atoms in total. The van der Waals surface area contributed by atoms with Gasteiger partial charge in [0.1, 0.15) is 5.82 Å². The van der Waals surface area contributed by atoms with Crippen molar-refractivity contribution in [1.82, 2.24) is 15.3 Å². The number of amides is 2. The summed E-state index contributed by atoms with van der Waals surface area (Å²) in [4.78, 5) is 18.4. The van der Waals surface area contributed by atoms with Gasteiger partial charge in [0.15, 0.2) is 0 Å². The highest BCUT2D eigenvalue weighted by Gasteiger charge is 2.02.